The summed E-state index contributed by atoms with van der Waals surface area (Å²) in [7, 11) is 0. The van der Waals surface area contributed by atoms with E-state index in [0.29, 0.717) is 11.2 Å². The molecule has 82 valence electrons. The third kappa shape index (κ3) is 5.17. The zero-order valence-electron chi connectivity index (χ0n) is 9.60. The molecule has 1 atom stereocenters. The van der Waals surface area contributed by atoms with Gasteiger partial charge in [0.15, 0.2) is 5.11 Å². The summed E-state index contributed by atoms with van der Waals surface area (Å²) in [5.74, 6) is -0.0571. The van der Waals surface area contributed by atoms with Crippen LogP contribution in [0.1, 0.15) is 41.0 Å². The van der Waals surface area contributed by atoms with Crippen molar-refractivity contribution in [2.75, 3.05) is 0 Å². The molecule has 0 fully saturated rings. The minimum atomic E-state index is -0.402. The first-order chi connectivity index (χ1) is 6.27. The molecule has 1 amide bonds. The summed E-state index contributed by atoms with van der Waals surface area (Å²) < 4.78 is 0. The quantitative estimate of drug-likeness (QED) is 0.692. The topological polar surface area (TPSA) is 41.1 Å². The first kappa shape index (κ1) is 13.4. The van der Waals surface area contributed by atoms with Crippen molar-refractivity contribution in [3.8, 4) is 0 Å². The Hall–Kier alpha value is -0.640. The van der Waals surface area contributed by atoms with E-state index >= 15 is 0 Å². The second kappa shape index (κ2) is 5.29. The van der Waals surface area contributed by atoms with Gasteiger partial charge in [0.05, 0.1) is 0 Å². The van der Waals surface area contributed by atoms with E-state index in [2.05, 4.69) is 17.6 Å². The van der Waals surface area contributed by atoms with Gasteiger partial charge < -0.3 is 10.6 Å². The first-order valence-electron chi connectivity index (χ1n) is 4.89. The summed E-state index contributed by atoms with van der Waals surface area (Å²) in [6, 6.07) is 0.294. The SMILES string of the molecule is CCC(C)NC(=S)NC(=O)C(C)(C)C. The molecule has 2 N–H and O–H groups in total. The highest BCUT2D eigenvalue weighted by Gasteiger charge is 2.22. The van der Waals surface area contributed by atoms with E-state index in [4.69, 9.17) is 12.2 Å². The second-order valence-electron chi connectivity index (χ2n) is 4.49. The lowest BCUT2D eigenvalue weighted by Crippen LogP contribution is -2.46. The Morgan fingerprint density at radius 3 is 2.29 bits per heavy atom. The average Bonchev–Trinajstić information content (AvgIpc) is 2.02. The summed E-state index contributed by atoms with van der Waals surface area (Å²) in [6.07, 6.45) is 0.978. The van der Waals surface area contributed by atoms with Gasteiger partial charge in [-0.1, -0.05) is 27.7 Å². The Bertz CT molecular complexity index is 221. The maximum Gasteiger partial charge on any atom is 0.231 e. The van der Waals surface area contributed by atoms with E-state index in [9.17, 15) is 4.79 Å². The van der Waals surface area contributed by atoms with Crippen molar-refractivity contribution in [3.05, 3.63) is 0 Å². The van der Waals surface area contributed by atoms with Gasteiger partial charge in [-0.3, -0.25) is 4.79 Å². The van der Waals surface area contributed by atoms with Crippen LogP contribution in [0.2, 0.25) is 0 Å². The maximum absolute atomic E-state index is 11.5. The standard InChI is InChI=1S/C10H20N2OS/c1-6-7(2)11-9(14)12-8(13)10(3,4)5/h7H,6H2,1-5H3,(H2,11,12,13,14). The van der Waals surface area contributed by atoms with Gasteiger partial charge in [0.25, 0.3) is 0 Å². The zero-order valence-corrected chi connectivity index (χ0v) is 10.4. The van der Waals surface area contributed by atoms with Gasteiger partial charge in [-0.05, 0) is 25.6 Å². The van der Waals surface area contributed by atoms with E-state index in [1.807, 2.05) is 27.7 Å². The maximum atomic E-state index is 11.5. The van der Waals surface area contributed by atoms with Crippen LogP contribution in [0, 0.1) is 5.41 Å². The molecule has 0 aliphatic heterocycles. The number of amides is 1. The fourth-order valence-electron chi connectivity index (χ4n) is 0.653. The molecule has 0 aromatic carbocycles. The van der Waals surface area contributed by atoms with Crippen molar-refractivity contribution in [2.45, 2.75) is 47.1 Å². The fourth-order valence-corrected chi connectivity index (χ4v) is 0.946. The number of carbonyl (C=O) groups is 1. The Morgan fingerprint density at radius 1 is 1.43 bits per heavy atom. The number of carbonyl (C=O) groups excluding carboxylic acids is 1. The number of nitrogens with one attached hydrogen (secondary N) is 2. The second-order valence-corrected chi connectivity index (χ2v) is 4.90. The molecule has 0 heterocycles. The van der Waals surface area contributed by atoms with Gasteiger partial charge in [-0.2, -0.15) is 0 Å². The number of hydrogen-bond acceptors (Lipinski definition) is 2. The molecule has 0 aromatic heterocycles. The van der Waals surface area contributed by atoms with Crippen LogP contribution in [0.4, 0.5) is 0 Å². The highest BCUT2D eigenvalue weighted by molar-refractivity contribution is 7.80. The molecule has 0 radical (unpaired) electrons. The summed E-state index contributed by atoms with van der Waals surface area (Å²) in [4.78, 5) is 11.5. The molecule has 1 unspecified atom stereocenters. The van der Waals surface area contributed by atoms with Crippen LogP contribution in [0.15, 0.2) is 0 Å². The lowest BCUT2D eigenvalue weighted by Gasteiger charge is -2.20. The molecule has 0 saturated carbocycles. The number of thiocarbonyl (C=S) groups is 1. The normalized spacial score (nSPS) is 13.2. The van der Waals surface area contributed by atoms with E-state index in [0.717, 1.165) is 6.42 Å². The van der Waals surface area contributed by atoms with Gasteiger partial charge in [0, 0.05) is 11.5 Å². The van der Waals surface area contributed by atoms with Gasteiger partial charge in [0.1, 0.15) is 0 Å². The zero-order chi connectivity index (χ0) is 11.4. The lowest BCUT2D eigenvalue weighted by atomic mass is 9.96. The van der Waals surface area contributed by atoms with Crippen LogP contribution < -0.4 is 10.6 Å². The van der Waals surface area contributed by atoms with E-state index in [1.165, 1.54) is 0 Å². The summed E-state index contributed by atoms with van der Waals surface area (Å²) >= 11 is 5.00. The Balaban J connectivity index is 4.02. The van der Waals surface area contributed by atoms with Crippen molar-refractivity contribution in [1.29, 1.82) is 0 Å². The van der Waals surface area contributed by atoms with Crippen LogP contribution in [-0.2, 0) is 4.79 Å². The van der Waals surface area contributed by atoms with E-state index < -0.39 is 5.41 Å². The largest absolute Gasteiger partial charge is 0.360 e. The lowest BCUT2D eigenvalue weighted by molar-refractivity contribution is -0.126. The molecule has 0 bridgehead atoms. The van der Waals surface area contributed by atoms with Crippen molar-refractivity contribution in [2.24, 2.45) is 5.41 Å². The van der Waals surface area contributed by atoms with Crippen LogP contribution >= 0.6 is 12.2 Å². The minimum absolute atomic E-state index is 0.0571. The molecule has 14 heavy (non-hydrogen) atoms. The van der Waals surface area contributed by atoms with E-state index in [1.54, 1.807) is 0 Å². The van der Waals surface area contributed by atoms with Gasteiger partial charge >= 0.3 is 0 Å². The van der Waals surface area contributed by atoms with Crippen molar-refractivity contribution >= 4 is 23.2 Å². The highest BCUT2D eigenvalue weighted by Crippen LogP contribution is 2.12. The average molecular weight is 216 g/mol. The Labute approximate surface area is 91.6 Å². The number of hydrogen-bond donors (Lipinski definition) is 2. The third-order valence-corrected chi connectivity index (χ3v) is 2.12. The molecule has 3 nitrogen and oxygen atoms in total. The summed E-state index contributed by atoms with van der Waals surface area (Å²) in [6.45, 7) is 9.65. The fraction of sp³-hybridized carbons (Fsp3) is 0.800. The van der Waals surface area contributed by atoms with Crippen molar-refractivity contribution in [1.82, 2.24) is 10.6 Å². The molecule has 0 aliphatic carbocycles. The van der Waals surface area contributed by atoms with Crippen molar-refractivity contribution < 1.29 is 4.79 Å². The predicted molar refractivity (Wildman–Crippen MR) is 63.1 cm³/mol. The molecule has 0 saturated heterocycles. The summed E-state index contributed by atoms with van der Waals surface area (Å²) in [5.41, 5.74) is -0.402. The first-order valence-corrected chi connectivity index (χ1v) is 5.30. The van der Waals surface area contributed by atoms with Gasteiger partial charge in [-0.25, -0.2) is 0 Å². The monoisotopic (exact) mass is 216 g/mol. The number of rotatable bonds is 2. The smallest absolute Gasteiger partial charge is 0.231 e. The highest BCUT2D eigenvalue weighted by atomic mass is 32.1. The Kier molecular flexibility index (Phi) is 5.05. The molecule has 0 spiro atoms. The van der Waals surface area contributed by atoms with Crippen molar-refractivity contribution in [3.63, 3.8) is 0 Å². The van der Waals surface area contributed by atoms with Gasteiger partial charge in [0.2, 0.25) is 5.91 Å². The predicted octanol–water partition coefficient (Wildman–Crippen LogP) is 1.82. The van der Waals surface area contributed by atoms with Crippen LogP contribution in [0.3, 0.4) is 0 Å². The van der Waals surface area contributed by atoms with Crippen LogP contribution in [-0.4, -0.2) is 17.1 Å². The molecule has 0 aliphatic rings. The van der Waals surface area contributed by atoms with Crippen LogP contribution in [0.5, 0.6) is 0 Å². The minimum Gasteiger partial charge on any atom is -0.360 e. The summed E-state index contributed by atoms with van der Waals surface area (Å²) in [5, 5.41) is 6.11. The Morgan fingerprint density at radius 2 is 1.93 bits per heavy atom. The molecular formula is C10H20N2OS. The molecule has 0 rings (SSSR count). The third-order valence-electron chi connectivity index (χ3n) is 1.90. The van der Waals surface area contributed by atoms with Crippen LogP contribution in [0.25, 0.3) is 0 Å². The molecule has 0 aromatic rings. The molecular weight excluding hydrogens is 196 g/mol. The van der Waals surface area contributed by atoms with Gasteiger partial charge in [-0.15, -0.1) is 0 Å². The molecule has 4 heteroatoms. The van der Waals surface area contributed by atoms with E-state index in [-0.39, 0.29) is 5.91 Å².